The fraction of sp³-hybridized carbons (Fsp3) is 0.0400. The predicted molar refractivity (Wildman–Crippen MR) is 130 cm³/mol. The van der Waals surface area contributed by atoms with E-state index in [0.29, 0.717) is 5.56 Å². The van der Waals surface area contributed by atoms with Gasteiger partial charge in [0, 0.05) is 5.56 Å². The summed E-state index contributed by atoms with van der Waals surface area (Å²) in [6.45, 7) is 1.60. The molecule has 0 unspecified atom stereocenters. The van der Waals surface area contributed by atoms with Crippen molar-refractivity contribution in [2.45, 2.75) is 6.92 Å². The Bertz CT molecular complexity index is 1700. The van der Waals surface area contributed by atoms with Gasteiger partial charge in [0.1, 0.15) is 27.4 Å². The van der Waals surface area contributed by atoms with Crippen LogP contribution in [0, 0.1) is 6.92 Å². The lowest BCUT2D eigenvalue weighted by molar-refractivity contribution is 0.0685. The first-order chi connectivity index (χ1) is 17.5. The van der Waals surface area contributed by atoms with Crippen LogP contribution >= 0.6 is 23.2 Å². The number of phenolic OH excluding ortho intramolecular Hbond substituents is 1. The number of aromatic carboxylic acids is 2. The SMILES string of the molecule is Cc1c(Cl)[nH]c2c1-n1c(C(=O)c3ccc(C(=O)O)cc3O)cc(Cl)c1Oc1cc(C(=O)O)ccc1C2=O. The Balaban J connectivity index is 1.79. The van der Waals surface area contributed by atoms with Gasteiger partial charge in [-0.2, -0.15) is 0 Å². The monoisotopic (exact) mass is 540 g/mol. The van der Waals surface area contributed by atoms with Crippen molar-refractivity contribution < 1.29 is 39.2 Å². The molecule has 0 atom stereocenters. The zero-order valence-electron chi connectivity index (χ0n) is 18.6. The summed E-state index contributed by atoms with van der Waals surface area (Å²) >= 11 is 12.8. The van der Waals surface area contributed by atoms with Gasteiger partial charge in [0.05, 0.1) is 33.6 Å². The van der Waals surface area contributed by atoms with Crippen molar-refractivity contribution in [1.29, 1.82) is 0 Å². The van der Waals surface area contributed by atoms with Gasteiger partial charge in [-0.3, -0.25) is 14.2 Å². The highest BCUT2D eigenvalue weighted by atomic mass is 35.5. The summed E-state index contributed by atoms with van der Waals surface area (Å²) in [6, 6.07) is 8.20. The number of phenols is 1. The smallest absolute Gasteiger partial charge is 0.335 e. The number of H-pyrrole nitrogens is 1. The minimum absolute atomic E-state index is 0.0110. The summed E-state index contributed by atoms with van der Waals surface area (Å²) in [5, 5.41) is 29.0. The number of carbonyl (C=O) groups is 4. The standard InChI is InChI=1S/C25H14Cl2N2O8/c1-9-19-18(28-22(9)27)21(32)13-5-3-11(25(35)36)7-17(13)37-23-14(26)8-15(29(19)23)20(31)12-4-2-10(24(33)34)6-16(12)30/h2-8,28,30H,1H3,(H,33,34)(H,35,36). The number of nitrogens with one attached hydrogen (secondary N) is 1. The van der Waals surface area contributed by atoms with Crippen molar-refractivity contribution >= 4 is 46.7 Å². The van der Waals surface area contributed by atoms with Crippen molar-refractivity contribution in [3.8, 4) is 23.1 Å². The van der Waals surface area contributed by atoms with E-state index >= 15 is 0 Å². The van der Waals surface area contributed by atoms with Crippen molar-refractivity contribution in [3.63, 3.8) is 0 Å². The zero-order chi connectivity index (χ0) is 26.8. The average molecular weight is 541 g/mol. The molecule has 186 valence electrons. The Morgan fingerprint density at radius 1 is 0.973 bits per heavy atom. The topological polar surface area (TPSA) is 159 Å². The number of hydrogen-bond donors (Lipinski definition) is 4. The number of fused-ring (bicyclic) bond motifs is 4. The number of aromatic hydroxyl groups is 1. The number of aromatic amines is 1. The van der Waals surface area contributed by atoms with Crippen molar-refractivity contribution in [2.75, 3.05) is 0 Å². The fourth-order valence-corrected chi connectivity index (χ4v) is 4.52. The first-order valence-corrected chi connectivity index (χ1v) is 11.3. The van der Waals surface area contributed by atoms with Gasteiger partial charge in [-0.05, 0) is 49.4 Å². The molecule has 0 spiro atoms. The van der Waals surface area contributed by atoms with Crippen LogP contribution in [-0.2, 0) is 0 Å². The molecule has 3 heterocycles. The fourth-order valence-electron chi connectivity index (χ4n) is 4.10. The normalized spacial score (nSPS) is 12.0. The average Bonchev–Trinajstić information content (AvgIpc) is 3.32. The first-order valence-electron chi connectivity index (χ1n) is 10.5. The van der Waals surface area contributed by atoms with Crippen molar-refractivity contribution in [3.05, 3.63) is 91.8 Å². The highest BCUT2D eigenvalue weighted by Crippen LogP contribution is 2.43. The van der Waals surface area contributed by atoms with Gasteiger partial charge in [0.15, 0.2) is 0 Å². The second kappa shape index (κ2) is 8.54. The summed E-state index contributed by atoms with van der Waals surface area (Å²) < 4.78 is 7.19. The highest BCUT2D eigenvalue weighted by molar-refractivity contribution is 6.33. The summed E-state index contributed by atoms with van der Waals surface area (Å²) in [6.07, 6.45) is 0. The van der Waals surface area contributed by atoms with Gasteiger partial charge in [-0.15, -0.1) is 0 Å². The minimum atomic E-state index is -1.29. The number of carbonyl (C=O) groups excluding carboxylic acids is 2. The number of nitrogens with zero attached hydrogens (tertiary/aromatic N) is 1. The van der Waals surface area contributed by atoms with Crippen molar-refractivity contribution in [1.82, 2.24) is 9.55 Å². The van der Waals surface area contributed by atoms with E-state index in [2.05, 4.69) is 4.98 Å². The first kappa shape index (κ1) is 24.2. The molecule has 0 aliphatic carbocycles. The Labute approximate surface area is 217 Å². The molecule has 37 heavy (non-hydrogen) atoms. The van der Waals surface area contributed by atoms with Crippen LogP contribution in [0.4, 0.5) is 0 Å². The van der Waals surface area contributed by atoms with Crippen LogP contribution in [0.25, 0.3) is 5.69 Å². The third kappa shape index (κ3) is 3.74. The molecule has 10 nitrogen and oxygen atoms in total. The molecule has 0 saturated carbocycles. The quantitative estimate of drug-likeness (QED) is 0.229. The second-order valence-corrected chi connectivity index (χ2v) is 8.90. The van der Waals surface area contributed by atoms with Gasteiger partial charge in [-0.25, -0.2) is 9.59 Å². The Morgan fingerprint density at radius 3 is 2.27 bits per heavy atom. The van der Waals surface area contributed by atoms with E-state index in [0.717, 1.165) is 24.3 Å². The molecule has 2 aromatic carbocycles. The van der Waals surface area contributed by atoms with E-state index in [4.69, 9.17) is 33.0 Å². The van der Waals surface area contributed by atoms with Gasteiger partial charge in [0.25, 0.3) is 0 Å². The van der Waals surface area contributed by atoms with E-state index < -0.39 is 29.3 Å². The number of carboxylic acid groups (broad SMARTS) is 2. The molecule has 1 aliphatic rings. The molecule has 4 N–H and O–H groups in total. The predicted octanol–water partition coefficient (Wildman–Crippen LogP) is 5.09. The van der Waals surface area contributed by atoms with E-state index in [9.17, 15) is 29.4 Å². The maximum Gasteiger partial charge on any atom is 0.335 e. The lowest BCUT2D eigenvalue weighted by atomic mass is 10.0. The van der Waals surface area contributed by atoms with Crippen molar-refractivity contribution in [2.24, 2.45) is 0 Å². The van der Waals surface area contributed by atoms with Gasteiger partial charge in [0.2, 0.25) is 17.4 Å². The number of rotatable bonds is 4. The number of carboxylic acids is 2. The van der Waals surface area contributed by atoms with E-state index in [-0.39, 0.29) is 61.1 Å². The number of ether oxygens (including phenoxy) is 1. The van der Waals surface area contributed by atoms with E-state index in [1.807, 2.05) is 0 Å². The molecule has 2 aromatic heterocycles. The number of ketones is 2. The van der Waals surface area contributed by atoms with Gasteiger partial charge in [-0.1, -0.05) is 23.2 Å². The van der Waals surface area contributed by atoms with Crippen LogP contribution in [0.5, 0.6) is 17.4 Å². The molecule has 0 radical (unpaired) electrons. The molecule has 0 bridgehead atoms. The highest BCUT2D eigenvalue weighted by Gasteiger charge is 2.34. The van der Waals surface area contributed by atoms with E-state index in [1.165, 1.54) is 22.8 Å². The summed E-state index contributed by atoms with van der Waals surface area (Å²) in [4.78, 5) is 52.6. The molecule has 0 amide bonds. The molecule has 0 fully saturated rings. The van der Waals surface area contributed by atoms with Crippen LogP contribution in [0.1, 0.15) is 58.4 Å². The maximum atomic E-state index is 13.6. The lowest BCUT2D eigenvalue weighted by Gasteiger charge is -2.20. The second-order valence-electron chi connectivity index (χ2n) is 8.12. The largest absolute Gasteiger partial charge is 0.507 e. The zero-order valence-corrected chi connectivity index (χ0v) is 20.1. The van der Waals surface area contributed by atoms with Gasteiger partial charge >= 0.3 is 11.9 Å². The number of aromatic nitrogens is 2. The number of halogens is 2. The molecule has 1 aliphatic heterocycles. The minimum Gasteiger partial charge on any atom is -0.507 e. The van der Waals surface area contributed by atoms with Gasteiger partial charge < -0.3 is 25.0 Å². The molecule has 5 rings (SSSR count). The summed E-state index contributed by atoms with van der Waals surface area (Å²) in [5.74, 6) is -4.70. The molecule has 0 saturated heterocycles. The number of hydrogen-bond acceptors (Lipinski definition) is 6. The Morgan fingerprint density at radius 2 is 1.62 bits per heavy atom. The van der Waals surface area contributed by atoms with Crippen LogP contribution in [0.2, 0.25) is 10.2 Å². The molecule has 12 heteroatoms. The Kier molecular flexibility index (Phi) is 5.58. The molecular formula is C25H14Cl2N2O8. The lowest BCUT2D eigenvalue weighted by Crippen LogP contribution is -2.17. The Hall–Kier alpha value is -4.54. The third-order valence-electron chi connectivity index (χ3n) is 5.92. The number of benzene rings is 2. The summed E-state index contributed by atoms with van der Waals surface area (Å²) in [7, 11) is 0. The van der Waals surface area contributed by atoms with Crippen LogP contribution in [0.15, 0.2) is 42.5 Å². The maximum absolute atomic E-state index is 13.6. The molecular weight excluding hydrogens is 527 g/mol. The summed E-state index contributed by atoms with van der Waals surface area (Å²) in [5.41, 5.74) is -0.184. The van der Waals surface area contributed by atoms with Crippen LogP contribution in [0.3, 0.4) is 0 Å². The van der Waals surface area contributed by atoms with Crippen LogP contribution in [-0.4, -0.2) is 48.4 Å². The third-order valence-corrected chi connectivity index (χ3v) is 6.57. The van der Waals surface area contributed by atoms with E-state index in [1.54, 1.807) is 6.92 Å². The van der Waals surface area contributed by atoms with Crippen LogP contribution < -0.4 is 4.74 Å². The molecule has 4 aromatic rings.